The smallest absolute Gasteiger partial charge is 0.310 e. The average molecular weight is 471 g/mol. The highest BCUT2D eigenvalue weighted by atomic mass is 32.1. The third-order valence-corrected chi connectivity index (χ3v) is 6.07. The Kier molecular flexibility index (Phi) is 8.37. The Hall–Kier alpha value is -3.46. The molecule has 0 saturated heterocycles. The van der Waals surface area contributed by atoms with Crippen LogP contribution in [-0.2, 0) is 33.8 Å². The molecule has 0 unspecified atom stereocenters. The minimum absolute atomic E-state index is 0.0594. The van der Waals surface area contributed by atoms with E-state index in [0.29, 0.717) is 30.2 Å². The fourth-order valence-electron chi connectivity index (χ4n) is 3.03. The molecule has 1 amide bonds. The zero-order valence-electron chi connectivity index (χ0n) is 18.8. The molecule has 0 aliphatic heterocycles. The molecule has 0 atom stereocenters. The fraction of sp³-hybridized carbons (Fsp3) is 0.333. The van der Waals surface area contributed by atoms with E-state index in [1.807, 2.05) is 19.9 Å². The van der Waals surface area contributed by atoms with Gasteiger partial charge in [0.15, 0.2) is 6.61 Å². The Morgan fingerprint density at radius 1 is 1.09 bits per heavy atom. The Balaban J connectivity index is 1.41. The number of aryl methyl sites for hydroxylation is 2. The van der Waals surface area contributed by atoms with E-state index in [-0.39, 0.29) is 24.7 Å². The van der Waals surface area contributed by atoms with E-state index in [0.717, 1.165) is 27.5 Å². The number of carbonyl (C=O) groups excluding carboxylic acids is 3. The number of aromatic nitrogens is 1. The van der Waals surface area contributed by atoms with E-state index in [1.54, 1.807) is 30.3 Å². The van der Waals surface area contributed by atoms with Gasteiger partial charge in [0.05, 0.1) is 22.6 Å². The highest BCUT2D eigenvalue weighted by Crippen LogP contribution is 2.19. The number of carbonyl (C=O) groups is 3. The lowest BCUT2D eigenvalue weighted by Crippen LogP contribution is -2.22. The minimum atomic E-state index is -0.477. The highest BCUT2D eigenvalue weighted by molar-refractivity contribution is 7.14. The lowest BCUT2D eigenvalue weighted by Gasteiger charge is -2.07. The molecular weight excluding hydrogens is 444 g/mol. The molecule has 33 heavy (non-hydrogen) atoms. The van der Waals surface area contributed by atoms with Gasteiger partial charge >= 0.3 is 5.97 Å². The summed E-state index contributed by atoms with van der Waals surface area (Å²) in [5.41, 5.74) is 2.47. The third-order valence-electron chi connectivity index (χ3n) is 4.88. The molecular formula is C24H26N2O6S. The molecule has 3 rings (SSSR count). The van der Waals surface area contributed by atoms with Gasteiger partial charge in [0.25, 0.3) is 0 Å². The summed E-state index contributed by atoms with van der Waals surface area (Å²) in [5, 5.41) is 6.62. The molecule has 0 bridgehead atoms. The zero-order valence-corrected chi connectivity index (χ0v) is 19.6. The average Bonchev–Trinajstić information content (AvgIpc) is 3.38. The molecule has 1 aromatic carbocycles. The number of ether oxygens (including phenoxy) is 2. The Labute approximate surface area is 195 Å². The summed E-state index contributed by atoms with van der Waals surface area (Å²) in [4.78, 5) is 36.9. The molecule has 9 heteroatoms. The van der Waals surface area contributed by atoms with Crippen molar-refractivity contribution in [3.05, 3.63) is 68.7 Å². The van der Waals surface area contributed by atoms with Crippen molar-refractivity contribution in [3.63, 3.8) is 0 Å². The lowest BCUT2D eigenvalue weighted by molar-refractivity contribution is -0.141. The number of hydrogen-bond acceptors (Lipinski definition) is 8. The van der Waals surface area contributed by atoms with Crippen molar-refractivity contribution >= 4 is 29.0 Å². The van der Waals surface area contributed by atoms with Gasteiger partial charge in [-0.3, -0.25) is 14.4 Å². The second-order valence-corrected chi connectivity index (χ2v) is 8.66. The standard InChI is InChI=1S/C24H26N2O6S/c1-15-21(16(2)32-26-15)13-30-19-6-4-18(5-7-19)12-24(29)31-14-22(28)23-9-8-20(33-23)10-11-25-17(3)27/h4-9H,10-14H2,1-3H3,(H,25,27). The van der Waals surface area contributed by atoms with E-state index >= 15 is 0 Å². The van der Waals surface area contributed by atoms with Crippen molar-refractivity contribution in [2.75, 3.05) is 13.2 Å². The van der Waals surface area contributed by atoms with Crippen LogP contribution in [0.2, 0.25) is 0 Å². The fourth-order valence-corrected chi connectivity index (χ4v) is 3.96. The van der Waals surface area contributed by atoms with E-state index in [9.17, 15) is 14.4 Å². The van der Waals surface area contributed by atoms with Gasteiger partial charge in [-0.2, -0.15) is 0 Å². The van der Waals surface area contributed by atoms with Gasteiger partial charge in [0.1, 0.15) is 18.1 Å². The summed E-state index contributed by atoms with van der Waals surface area (Å²) in [7, 11) is 0. The van der Waals surface area contributed by atoms with Gasteiger partial charge in [-0.05, 0) is 50.1 Å². The van der Waals surface area contributed by atoms with Crippen LogP contribution in [0.5, 0.6) is 5.75 Å². The summed E-state index contributed by atoms with van der Waals surface area (Å²) in [5.74, 6) is 0.575. The molecule has 174 valence electrons. The van der Waals surface area contributed by atoms with Gasteiger partial charge in [0.2, 0.25) is 11.7 Å². The van der Waals surface area contributed by atoms with Crippen LogP contribution in [0.4, 0.5) is 0 Å². The zero-order chi connectivity index (χ0) is 23.8. The maximum Gasteiger partial charge on any atom is 0.310 e. The van der Waals surface area contributed by atoms with Crippen molar-refractivity contribution in [1.29, 1.82) is 0 Å². The molecule has 3 aromatic rings. The molecule has 0 radical (unpaired) electrons. The van der Waals surface area contributed by atoms with Crippen LogP contribution in [0.15, 0.2) is 40.9 Å². The molecule has 0 spiro atoms. The van der Waals surface area contributed by atoms with Crippen LogP contribution < -0.4 is 10.1 Å². The second kappa shape index (κ2) is 11.4. The van der Waals surface area contributed by atoms with Crippen molar-refractivity contribution in [3.8, 4) is 5.75 Å². The molecule has 2 heterocycles. The van der Waals surface area contributed by atoms with Crippen molar-refractivity contribution < 1.29 is 28.4 Å². The molecule has 8 nitrogen and oxygen atoms in total. The van der Waals surface area contributed by atoms with E-state index in [1.165, 1.54) is 18.3 Å². The van der Waals surface area contributed by atoms with Crippen LogP contribution >= 0.6 is 11.3 Å². The van der Waals surface area contributed by atoms with E-state index in [2.05, 4.69) is 10.5 Å². The van der Waals surface area contributed by atoms with Crippen LogP contribution in [0.1, 0.15) is 44.1 Å². The van der Waals surface area contributed by atoms with Crippen molar-refractivity contribution in [2.45, 2.75) is 40.2 Å². The van der Waals surface area contributed by atoms with Gasteiger partial charge < -0.3 is 19.3 Å². The molecule has 2 aromatic heterocycles. The normalized spacial score (nSPS) is 10.6. The second-order valence-electron chi connectivity index (χ2n) is 7.49. The first-order valence-electron chi connectivity index (χ1n) is 10.5. The SMILES string of the molecule is CC(=O)NCCc1ccc(C(=O)COC(=O)Cc2ccc(OCc3c(C)noc3C)cc2)s1. The molecule has 1 N–H and O–H groups in total. The number of Topliss-reactive ketones (excluding diaryl/α,β-unsaturated/α-hetero) is 1. The van der Waals surface area contributed by atoms with Crippen LogP contribution in [-0.4, -0.2) is 36.0 Å². The monoisotopic (exact) mass is 470 g/mol. The predicted octanol–water partition coefficient (Wildman–Crippen LogP) is 3.58. The number of rotatable bonds is 11. The third kappa shape index (κ3) is 7.28. The van der Waals surface area contributed by atoms with Crippen LogP contribution in [0.25, 0.3) is 0 Å². The van der Waals surface area contributed by atoms with Gasteiger partial charge in [-0.1, -0.05) is 17.3 Å². The van der Waals surface area contributed by atoms with E-state index in [4.69, 9.17) is 14.0 Å². The summed E-state index contributed by atoms with van der Waals surface area (Å²) in [6.07, 6.45) is 0.707. The van der Waals surface area contributed by atoms with Crippen LogP contribution in [0.3, 0.4) is 0 Å². The van der Waals surface area contributed by atoms with E-state index < -0.39 is 5.97 Å². The first-order valence-corrected chi connectivity index (χ1v) is 11.3. The Bertz CT molecular complexity index is 1100. The van der Waals surface area contributed by atoms with Crippen molar-refractivity contribution in [2.24, 2.45) is 0 Å². The molecule has 0 fully saturated rings. The maximum atomic E-state index is 12.3. The van der Waals surface area contributed by atoms with Gasteiger partial charge in [0, 0.05) is 18.3 Å². The lowest BCUT2D eigenvalue weighted by atomic mass is 10.1. The van der Waals surface area contributed by atoms with Crippen molar-refractivity contribution in [1.82, 2.24) is 10.5 Å². The van der Waals surface area contributed by atoms with Gasteiger partial charge in [-0.15, -0.1) is 11.3 Å². The number of benzene rings is 1. The summed E-state index contributed by atoms with van der Waals surface area (Å²) >= 11 is 1.34. The summed E-state index contributed by atoms with van der Waals surface area (Å²) < 4.78 is 16.0. The molecule has 0 saturated carbocycles. The maximum absolute atomic E-state index is 12.3. The minimum Gasteiger partial charge on any atom is -0.489 e. The number of nitrogens with one attached hydrogen (secondary N) is 1. The first kappa shape index (κ1) is 24.2. The largest absolute Gasteiger partial charge is 0.489 e. The number of esters is 1. The van der Waals surface area contributed by atoms with Gasteiger partial charge in [-0.25, -0.2) is 0 Å². The number of thiophene rings is 1. The number of nitrogens with zero attached hydrogens (tertiary/aromatic N) is 1. The van der Waals surface area contributed by atoms with Crippen LogP contribution in [0, 0.1) is 13.8 Å². The number of ketones is 1. The Morgan fingerprint density at radius 3 is 2.52 bits per heavy atom. The quantitative estimate of drug-likeness (QED) is 0.337. The molecule has 0 aliphatic rings. The first-order chi connectivity index (χ1) is 15.8. The topological polar surface area (TPSA) is 108 Å². The summed E-state index contributed by atoms with van der Waals surface area (Å²) in [6.45, 7) is 5.72. The number of hydrogen-bond donors (Lipinski definition) is 1. The molecule has 0 aliphatic carbocycles. The summed E-state index contributed by atoms with van der Waals surface area (Å²) in [6, 6.07) is 10.7. The number of amides is 1. The predicted molar refractivity (Wildman–Crippen MR) is 122 cm³/mol. The highest BCUT2D eigenvalue weighted by Gasteiger charge is 2.14. The Morgan fingerprint density at radius 2 is 1.85 bits per heavy atom.